The smallest absolute Gasteiger partial charge is 0.341 e. The number of aromatic carboxylic acids is 1. The first-order chi connectivity index (χ1) is 14.6. The second kappa shape index (κ2) is 6.44. The van der Waals surface area contributed by atoms with Crippen molar-refractivity contribution in [3.05, 3.63) is 64.1 Å². The number of nitrogens with zero attached hydrogens (tertiary/aromatic N) is 3. The molecular formula is C24H23N3O4. The van der Waals surface area contributed by atoms with Gasteiger partial charge in [-0.2, -0.15) is 5.10 Å². The van der Waals surface area contributed by atoms with Crippen LogP contribution in [0.4, 0.5) is 0 Å². The van der Waals surface area contributed by atoms with Crippen LogP contribution in [0.25, 0.3) is 33.7 Å². The third-order valence-corrected chi connectivity index (χ3v) is 6.08. The highest BCUT2D eigenvalue weighted by molar-refractivity contribution is 5.97. The quantitative estimate of drug-likeness (QED) is 0.518. The van der Waals surface area contributed by atoms with E-state index < -0.39 is 11.4 Å². The lowest BCUT2D eigenvalue weighted by atomic mass is 9.79. The van der Waals surface area contributed by atoms with Gasteiger partial charge in [0, 0.05) is 48.1 Å². The molecule has 0 saturated carbocycles. The Hall–Kier alpha value is -3.61. The number of benzene rings is 1. The van der Waals surface area contributed by atoms with Gasteiger partial charge in [0.25, 0.3) is 0 Å². The number of carboxylic acids is 1. The first-order valence-corrected chi connectivity index (χ1v) is 10.2. The van der Waals surface area contributed by atoms with Crippen molar-refractivity contribution in [3.63, 3.8) is 0 Å². The van der Waals surface area contributed by atoms with E-state index in [1.165, 1.54) is 12.3 Å². The number of hydrogen-bond donors (Lipinski definition) is 1. The van der Waals surface area contributed by atoms with E-state index in [1.807, 2.05) is 42.1 Å². The molecule has 7 nitrogen and oxygen atoms in total. The molecule has 4 aromatic rings. The van der Waals surface area contributed by atoms with Gasteiger partial charge in [-0.1, -0.05) is 32.9 Å². The number of carbonyl (C=O) groups is 1. The van der Waals surface area contributed by atoms with E-state index in [0.717, 1.165) is 27.8 Å². The van der Waals surface area contributed by atoms with E-state index in [4.69, 9.17) is 4.42 Å². The highest BCUT2D eigenvalue weighted by Gasteiger charge is 2.36. The summed E-state index contributed by atoms with van der Waals surface area (Å²) in [7, 11) is 1.87. The normalized spacial score (nSPS) is 15.7. The van der Waals surface area contributed by atoms with Gasteiger partial charge < -0.3 is 14.1 Å². The molecule has 1 atom stereocenters. The fourth-order valence-corrected chi connectivity index (χ4v) is 4.51. The Morgan fingerprint density at radius 3 is 2.68 bits per heavy atom. The van der Waals surface area contributed by atoms with E-state index >= 15 is 0 Å². The minimum Gasteiger partial charge on any atom is -0.477 e. The summed E-state index contributed by atoms with van der Waals surface area (Å²) in [5.74, 6) is -0.603. The zero-order valence-electron chi connectivity index (χ0n) is 17.8. The largest absolute Gasteiger partial charge is 0.477 e. The Kier molecular flexibility index (Phi) is 4.02. The summed E-state index contributed by atoms with van der Waals surface area (Å²) in [6, 6.07) is 9.29. The van der Waals surface area contributed by atoms with Crippen molar-refractivity contribution in [3.8, 4) is 22.7 Å². The maximum absolute atomic E-state index is 12.6. The Balaban J connectivity index is 1.83. The van der Waals surface area contributed by atoms with E-state index in [1.54, 1.807) is 4.68 Å². The summed E-state index contributed by atoms with van der Waals surface area (Å²) in [5, 5.41) is 15.0. The van der Waals surface area contributed by atoms with Crippen LogP contribution in [0.2, 0.25) is 0 Å². The van der Waals surface area contributed by atoms with Crippen LogP contribution in [-0.2, 0) is 13.5 Å². The molecule has 5 rings (SSSR count). The zero-order chi connectivity index (χ0) is 22.1. The van der Waals surface area contributed by atoms with Gasteiger partial charge in [-0.25, -0.2) is 4.79 Å². The summed E-state index contributed by atoms with van der Waals surface area (Å²) >= 11 is 0. The highest BCUT2D eigenvalue weighted by Crippen LogP contribution is 2.47. The van der Waals surface area contributed by atoms with Crippen LogP contribution in [0.15, 0.2) is 51.9 Å². The molecule has 158 valence electrons. The van der Waals surface area contributed by atoms with E-state index in [9.17, 15) is 14.7 Å². The molecular weight excluding hydrogens is 394 g/mol. The Morgan fingerprint density at radius 1 is 1.26 bits per heavy atom. The summed E-state index contributed by atoms with van der Waals surface area (Å²) in [4.78, 5) is 24.2. The molecule has 0 amide bonds. The lowest BCUT2D eigenvalue weighted by Crippen LogP contribution is -2.32. The number of aromatic nitrogens is 3. The Labute approximate surface area is 178 Å². The maximum atomic E-state index is 12.6. The maximum Gasteiger partial charge on any atom is 0.341 e. The number of fused-ring (bicyclic) bond motifs is 5. The molecule has 1 N–H and O–H groups in total. The molecule has 0 saturated heterocycles. The van der Waals surface area contributed by atoms with Crippen LogP contribution < -0.4 is 5.43 Å². The standard InChI is InChI=1S/C24H23N3O4/c1-24(2,3)20-10-15-13-6-5-7-14(17-8-9-26(4)25-17)21(13)31-22(15)18-11-19(28)16(23(29)30)12-27(18)20/h5-9,11-12,20H,10H2,1-4H3,(H,29,30)/t20-/m0/s1. The highest BCUT2D eigenvalue weighted by atomic mass is 16.4. The number of hydrogen-bond acceptors (Lipinski definition) is 4. The topological polar surface area (TPSA) is 90.3 Å². The van der Waals surface area contributed by atoms with Crippen LogP contribution in [0.3, 0.4) is 0 Å². The van der Waals surface area contributed by atoms with Crippen molar-refractivity contribution < 1.29 is 14.3 Å². The van der Waals surface area contributed by atoms with Crippen molar-refractivity contribution in [2.24, 2.45) is 12.5 Å². The lowest BCUT2D eigenvalue weighted by Gasteiger charge is -2.37. The van der Waals surface area contributed by atoms with Crippen molar-refractivity contribution in [1.29, 1.82) is 0 Å². The molecule has 0 radical (unpaired) electrons. The molecule has 7 heteroatoms. The molecule has 4 heterocycles. The molecule has 31 heavy (non-hydrogen) atoms. The zero-order valence-corrected chi connectivity index (χ0v) is 17.8. The van der Waals surface area contributed by atoms with Gasteiger partial charge in [0.1, 0.15) is 11.1 Å². The van der Waals surface area contributed by atoms with Gasteiger partial charge >= 0.3 is 5.97 Å². The van der Waals surface area contributed by atoms with Gasteiger partial charge in [0.15, 0.2) is 11.2 Å². The fourth-order valence-electron chi connectivity index (χ4n) is 4.51. The van der Waals surface area contributed by atoms with Gasteiger partial charge in [-0.05, 0) is 24.0 Å². The average molecular weight is 417 g/mol. The van der Waals surface area contributed by atoms with E-state index in [2.05, 4.69) is 25.9 Å². The first kappa shape index (κ1) is 19.4. The second-order valence-electron chi connectivity index (χ2n) is 9.20. The third kappa shape index (κ3) is 2.91. The molecule has 0 fully saturated rings. The molecule has 1 aliphatic rings. The van der Waals surface area contributed by atoms with Gasteiger partial charge in [0.05, 0.1) is 11.4 Å². The van der Waals surface area contributed by atoms with Gasteiger partial charge in [-0.3, -0.25) is 9.48 Å². The Morgan fingerprint density at radius 2 is 2.03 bits per heavy atom. The second-order valence-corrected chi connectivity index (χ2v) is 9.20. The SMILES string of the molecule is Cn1ccc(-c2cccc3c4c(oc23)-c2cc(=O)c(C(=O)O)cn2[C@H](C(C)(C)C)C4)n1. The summed E-state index contributed by atoms with van der Waals surface area (Å²) in [5.41, 5.74) is 3.15. The molecule has 1 aromatic carbocycles. The van der Waals surface area contributed by atoms with E-state index in [0.29, 0.717) is 17.9 Å². The molecule has 0 bridgehead atoms. The molecule has 0 unspecified atom stereocenters. The molecule has 0 spiro atoms. The number of pyridine rings is 1. The third-order valence-electron chi connectivity index (χ3n) is 6.08. The fraction of sp³-hybridized carbons (Fsp3) is 0.292. The minimum absolute atomic E-state index is 0.0343. The van der Waals surface area contributed by atoms with Crippen molar-refractivity contribution >= 4 is 16.9 Å². The number of furan rings is 1. The average Bonchev–Trinajstić information content (AvgIpc) is 3.29. The predicted molar refractivity (Wildman–Crippen MR) is 117 cm³/mol. The van der Waals surface area contributed by atoms with Crippen LogP contribution in [0.5, 0.6) is 0 Å². The Bertz CT molecular complexity index is 1420. The molecule has 3 aromatic heterocycles. The summed E-state index contributed by atoms with van der Waals surface area (Å²) in [6.45, 7) is 6.35. The van der Waals surface area contributed by atoms with Gasteiger partial charge in [0.2, 0.25) is 0 Å². The van der Waals surface area contributed by atoms with Crippen molar-refractivity contribution in [2.45, 2.75) is 33.2 Å². The predicted octanol–water partition coefficient (Wildman–Crippen LogP) is 4.50. The van der Waals surface area contributed by atoms with Crippen LogP contribution in [0, 0.1) is 5.41 Å². The van der Waals surface area contributed by atoms with E-state index in [-0.39, 0.29) is 17.0 Å². The van der Waals surface area contributed by atoms with Crippen LogP contribution in [0.1, 0.15) is 42.7 Å². The number of rotatable bonds is 2. The van der Waals surface area contributed by atoms with Gasteiger partial charge in [-0.15, -0.1) is 0 Å². The molecule has 1 aliphatic heterocycles. The molecule has 0 aliphatic carbocycles. The summed E-state index contributed by atoms with van der Waals surface area (Å²) in [6.07, 6.45) is 4.02. The van der Waals surface area contributed by atoms with Crippen LogP contribution >= 0.6 is 0 Å². The first-order valence-electron chi connectivity index (χ1n) is 10.2. The monoisotopic (exact) mass is 417 g/mol. The number of para-hydroxylation sites is 1. The minimum atomic E-state index is -1.22. The number of aryl methyl sites for hydroxylation is 1. The number of carboxylic acid groups (broad SMARTS) is 1. The van der Waals surface area contributed by atoms with Crippen LogP contribution in [-0.4, -0.2) is 25.4 Å². The van der Waals surface area contributed by atoms with Crippen molar-refractivity contribution in [2.75, 3.05) is 0 Å². The van der Waals surface area contributed by atoms with Crippen molar-refractivity contribution in [1.82, 2.24) is 14.3 Å². The summed E-state index contributed by atoms with van der Waals surface area (Å²) < 4.78 is 10.0. The lowest BCUT2D eigenvalue weighted by molar-refractivity contribution is 0.0693.